The zero-order chi connectivity index (χ0) is 46.5. The summed E-state index contributed by atoms with van der Waals surface area (Å²) in [7, 11) is 0. The van der Waals surface area contributed by atoms with E-state index in [1.807, 2.05) is 48.5 Å². The largest absolute Gasteiger partial charge is 0.456 e. The van der Waals surface area contributed by atoms with E-state index in [2.05, 4.69) is 9.97 Å². The predicted molar refractivity (Wildman–Crippen MR) is 205 cm³/mol. The predicted octanol–water partition coefficient (Wildman–Crippen LogP) is 11.8. The summed E-state index contributed by atoms with van der Waals surface area (Å²) in [6, 6.07) is 11.0. The number of para-hydroxylation sites is 2. The number of hydrogen-bond donors (Lipinski definition) is 0. The summed E-state index contributed by atoms with van der Waals surface area (Å²) in [6.45, 7) is 0. The molecule has 51 heavy (non-hydrogen) atoms. The molecule has 0 bridgehead atoms. The highest BCUT2D eigenvalue weighted by Gasteiger charge is 2.22. The normalized spacial score (nSPS) is 16.0. The summed E-state index contributed by atoms with van der Waals surface area (Å²) in [5.41, 5.74) is 1.52. The number of nitrogens with zero attached hydrogens (tertiary/aromatic N) is 4. The molecule has 0 atom stereocenters. The third-order valence-corrected chi connectivity index (χ3v) is 8.86. The van der Waals surface area contributed by atoms with Crippen LogP contribution in [0.1, 0.15) is 20.6 Å². The van der Waals surface area contributed by atoms with E-state index in [0.29, 0.717) is 11.2 Å². The van der Waals surface area contributed by atoms with Crippen molar-refractivity contribution in [2.75, 3.05) is 0 Å². The van der Waals surface area contributed by atoms with Crippen LogP contribution in [-0.2, 0) is 0 Å². The molecule has 0 spiro atoms. The molecule has 0 aliphatic rings. The lowest BCUT2D eigenvalue weighted by Gasteiger charge is -2.11. The van der Waals surface area contributed by atoms with Crippen LogP contribution < -0.4 is 0 Å². The number of fused-ring (bicyclic) bond motifs is 10. The Balaban J connectivity index is 1.29. The molecule has 0 unspecified atom stereocenters. The fourth-order valence-electron chi connectivity index (χ4n) is 6.66. The number of furan rings is 2. The molecule has 11 rings (SSSR count). The molecule has 6 heteroatoms. The van der Waals surface area contributed by atoms with Gasteiger partial charge < -0.3 is 8.83 Å². The molecule has 0 aliphatic heterocycles. The SMILES string of the molecule is [2H]c1c([2H])c([2H])c(-c2nc(-c3ccc4c(c3)oc3cccc(-c5ccccc5)c34)nc(-n3c4c([2H])c([2H])c([2H])c([2H])c4c4c5oc6c([2H])c([2H])c([2H])c([2H])c6c5c([2H])c([2H])c43)n2)c([2H])c1[2H]. The Bertz CT molecular complexity index is 3990. The first-order valence-corrected chi connectivity index (χ1v) is 15.7. The maximum absolute atomic E-state index is 9.51. The molecule has 0 amide bonds. The molecule has 6 nitrogen and oxygen atoms in total. The standard InChI is InChI=1S/C45H26N4O2/c1-3-12-27(13-4-1)30-18-11-21-38-40(30)34-23-22-29(26-39(34)50-38)44-46-43(28-14-5-2-6-15-28)47-45(48-44)49-35-19-9-7-17-33(35)41-36(49)25-24-32-31-16-8-10-20-37(31)51-42(32)41/h1-26H/i2D,5D,6D,7D,8D,9D,10D,14D,15D,16D,17D,19D,20D,24D,25D. The van der Waals surface area contributed by atoms with Gasteiger partial charge in [-0.3, -0.25) is 4.57 Å². The molecule has 0 N–H and O–H groups in total. The molecule has 4 heterocycles. The van der Waals surface area contributed by atoms with Gasteiger partial charge in [-0.15, -0.1) is 0 Å². The Hall–Kier alpha value is -7.05. The van der Waals surface area contributed by atoms with Crippen molar-refractivity contribution in [1.82, 2.24) is 19.5 Å². The number of aromatic nitrogens is 4. The van der Waals surface area contributed by atoms with Gasteiger partial charge in [-0.25, -0.2) is 4.98 Å². The van der Waals surface area contributed by atoms with Gasteiger partial charge >= 0.3 is 0 Å². The molecule has 4 aromatic heterocycles. The summed E-state index contributed by atoms with van der Waals surface area (Å²) in [4.78, 5) is 14.1. The quantitative estimate of drug-likeness (QED) is 0.186. The maximum Gasteiger partial charge on any atom is 0.238 e. The highest BCUT2D eigenvalue weighted by atomic mass is 16.3. The molecule has 0 radical (unpaired) electrons. The van der Waals surface area contributed by atoms with Crippen LogP contribution in [0.3, 0.4) is 0 Å². The summed E-state index contributed by atoms with van der Waals surface area (Å²) in [5, 5.41) is 0.774. The first kappa shape index (κ1) is 17.1. The van der Waals surface area contributed by atoms with E-state index in [-0.39, 0.29) is 55.1 Å². The van der Waals surface area contributed by atoms with E-state index in [9.17, 15) is 5.48 Å². The van der Waals surface area contributed by atoms with E-state index in [0.717, 1.165) is 26.5 Å². The van der Waals surface area contributed by atoms with Crippen LogP contribution in [0.5, 0.6) is 0 Å². The second-order valence-corrected chi connectivity index (χ2v) is 11.7. The minimum atomic E-state index is -0.694. The summed E-state index contributed by atoms with van der Waals surface area (Å²) >= 11 is 0. The lowest BCUT2D eigenvalue weighted by molar-refractivity contribution is 0.669. The monoisotopic (exact) mass is 669 g/mol. The fraction of sp³-hybridized carbons (Fsp3) is 0. The highest BCUT2D eigenvalue weighted by molar-refractivity contribution is 6.23. The lowest BCUT2D eigenvalue weighted by Crippen LogP contribution is -2.06. The minimum absolute atomic E-state index is 0.144. The Labute approximate surface area is 311 Å². The zero-order valence-electron chi connectivity index (χ0n) is 41.0. The van der Waals surface area contributed by atoms with Crippen LogP contribution in [0.25, 0.3) is 106 Å². The number of hydrogen-bond acceptors (Lipinski definition) is 5. The molecule has 7 aromatic carbocycles. The van der Waals surface area contributed by atoms with Crippen LogP contribution in [-0.4, -0.2) is 19.5 Å². The molecule has 238 valence electrons. The Morgan fingerprint density at radius 3 is 2.14 bits per heavy atom. The van der Waals surface area contributed by atoms with E-state index < -0.39 is 108 Å². The van der Waals surface area contributed by atoms with Gasteiger partial charge in [0, 0.05) is 38.1 Å². The number of benzene rings is 7. The van der Waals surface area contributed by atoms with Gasteiger partial charge in [0.2, 0.25) is 5.95 Å². The van der Waals surface area contributed by atoms with Gasteiger partial charge in [0.15, 0.2) is 11.6 Å². The third-order valence-electron chi connectivity index (χ3n) is 8.86. The van der Waals surface area contributed by atoms with Crippen LogP contribution in [0.15, 0.2) is 166 Å². The van der Waals surface area contributed by atoms with Crippen molar-refractivity contribution in [3.8, 4) is 39.9 Å². The average Bonchev–Trinajstić information content (AvgIpc) is 4.02. The van der Waals surface area contributed by atoms with Gasteiger partial charge in [-0.05, 0) is 53.5 Å². The van der Waals surface area contributed by atoms with Crippen LogP contribution in [0.2, 0.25) is 0 Å². The summed E-state index contributed by atoms with van der Waals surface area (Å²) < 4.78 is 145. The fourth-order valence-corrected chi connectivity index (χ4v) is 6.66. The van der Waals surface area contributed by atoms with Crippen molar-refractivity contribution in [2.24, 2.45) is 0 Å². The lowest BCUT2D eigenvalue weighted by atomic mass is 9.99. The van der Waals surface area contributed by atoms with Crippen molar-refractivity contribution < 1.29 is 29.4 Å². The topological polar surface area (TPSA) is 69.9 Å². The first-order chi connectivity index (χ1) is 31.5. The van der Waals surface area contributed by atoms with Crippen molar-refractivity contribution >= 4 is 65.7 Å². The molecular formula is C45H26N4O2. The summed E-state index contributed by atoms with van der Waals surface area (Å²) in [5.74, 6) is -1.03. The van der Waals surface area contributed by atoms with E-state index >= 15 is 0 Å². The van der Waals surface area contributed by atoms with Crippen LogP contribution in [0.4, 0.5) is 0 Å². The second kappa shape index (κ2) is 10.7. The smallest absolute Gasteiger partial charge is 0.238 e. The molecular weight excluding hydrogens is 629 g/mol. The van der Waals surface area contributed by atoms with Gasteiger partial charge in [0.05, 0.1) is 37.0 Å². The van der Waals surface area contributed by atoms with Crippen molar-refractivity contribution in [3.63, 3.8) is 0 Å². The number of rotatable bonds is 4. The van der Waals surface area contributed by atoms with Crippen molar-refractivity contribution in [3.05, 3.63) is 157 Å². The molecule has 0 saturated heterocycles. The molecule has 0 aliphatic carbocycles. The Morgan fingerprint density at radius 1 is 0.471 bits per heavy atom. The van der Waals surface area contributed by atoms with E-state index in [4.69, 9.17) is 28.9 Å². The van der Waals surface area contributed by atoms with Gasteiger partial charge in [0.25, 0.3) is 0 Å². The molecule has 11 aromatic rings. The van der Waals surface area contributed by atoms with Crippen molar-refractivity contribution in [2.45, 2.75) is 0 Å². The van der Waals surface area contributed by atoms with Crippen LogP contribution in [0, 0.1) is 0 Å². The van der Waals surface area contributed by atoms with E-state index in [1.54, 1.807) is 18.2 Å². The summed E-state index contributed by atoms with van der Waals surface area (Å²) in [6.07, 6.45) is 0. The van der Waals surface area contributed by atoms with Crippen LogP contribution >= 0.6 is 0 Å². The molecule has 0 fully saturated rings. The zero-order valence-corrected chi connectivity index (χ0v) is 26.0. The molecule has 0 saturated carbocycles. The third kappa shape index (κ3) is 4.20. The first-order valence-electron chi connectivity index (χ1n) is 23.2. The second-order valence-electron chi connectivity index (χ2n) is 11.7. The van der Waals surface area contributed by atoms with Crippen molar-refractivity contribution in [1.29, 1.82) is 0 Å². The van der Waals surface area contributed by atoms with E-state index in [1.165, 1.54) is 0 Å². The van der Waals surface area contributed by atoms with Gasteiger partial charge in [0.1, 0.15) is 22.3 Å². The van der Waals surface area contributed by atoms with Gasteiger partial charge in [-0.2, -0.15) is 9.97 Å². The minimum Gasteiger partial charge on any atom is -0.456 e. The Kier molecular flexibility index (Phi) is 3.59. The Morgan fingerprint density at radius 2 is 1.25 bits per heavy atom. The average molecular weight is 670 g/mol. The maximum atomic E-state index is 9.51. The highest BCUT2D eigenvalue weighted by Crippen LogP contribution is 2.41. The van der Waals surface area contributed by atoms with Gasteiger partial charge in [-0.1, -0.05) is 115 Å².